The maximum absolute atomic E-state index is 11.5. The van der Waals surface area contributed by atoms with E-state index in [0.717, 1.165) is 10.9 Å². The summed E-state index contributed by atoms with van der Waals surface area (Å²) in [6, 6.07) is 4.74. The fourth-order valence-corrected chi connectivity index (χ4v) is 2.06. The van der Waals surface area contributed by atoms with Gasteiger partial charge in [-0.3, -0.25) is 0 Å². The van der Waals surface area contributed by atoms with E-state index in [2.05, 4.69) is 10.1 Å². The molecule has 2 heterocycles. The molecule has 0 spiro atoms. The number of fused-ring (bicyclic) bond motifs is 1. The molecule has 0 atom stereocenters. The van der Waals surface area contributed by atoms with E-state index >= 15 is 0 Å². The van der Waals surface area contributed by atoms with E-state index in [1.165, 1.54) is 18.7 Å². The molecule has 0 aliphatic heterocycles. The highest BCUT2D eigenvalue weighted by Gasteiger charge is 2.12. The molecule has 0 aliphatic rings. The van der Waals surface area contributed by atoms with Crippen molar-refractivity contribution in [2.45, 2.75) is 13.5 Å². The second kappa shape index (κ2) is 4.24. The predicted octanol–water partition coefficient (Wildman–Crippen LogP) is 1.45. The van der Waals surface area contributed by atoms with Gasteiger partial charge in [0, 0.05) is 11.5 Å². The molecule has 1 aromatic carbocycles. The molecular formula is C13H11N3O3. The van der Waals surface area contributed by atoms with E-state index < -0.39 is 5.63 Å². The first-order chi connectivity index (χ1) is 9.15. The minimum Gasteiger partial charge on any atom is -0.507 e. The van der Waals surface area contributed by atoms with Crippen LogP contribution < -0.4 is 5.63 Å². The molecule has 3 rings (SSSR count). The molecule has 3 aromatic rings. The largest absolute Gasteiger partial charge is 0.507 e. The van der Waals surface area contributed by atoms with E-state index in [4.69, 9.17) is 4.42 Å². The monoisotopic (exact) mass is 257 g/mol. The number of benzene rings is 1. The fourth-order valence-electron chi connectivity index (χ4n) is 2.06. The number of aromatic nitrogens is 3. The average Bonchev–Trinajstić information content (AvgIpc) is 2.85. The van der Waals surface area contributed by atoms with Crippen LogP contribution >= 0.6 is 0 Å². The van der Waals surface area contributed by atoms with Gasteiger partial charge in [0.15, 0.2) is 0 Å². The number of rotatable bonds is 2. The summed E-state index contributed by atoms with van der Waals surface area (Å²) < 4.78 is 6.78. The average molecular weight is 257 g/mol. The molecule has 96 valence electrons. The van der Waals surface area contributed by atoms with Gasteiger partial charge in [-0.25, -0.2) is 14.5 Å². The molecule has 0 unspecified atom stereocenters. The minimum absolute atomic E-state index is 0.0664. The Hall–Kier alpha value is -2.63. The smallest absolute Gasteiger partial charge is 0.336 e. The Morgan fingerprint density at radius 3 is 3.00 bits per heavy atom. The van der Waals surface area contributed by atoms with Crippen LogP contribution in [0.2, 0.25) is 0 Å². The van der Waals surface area contributed by atoms with Gasteiger partial charge in [-0.15, -0.1) is 0 Å². The standard InChI is InChI=1S/C13H11N3O3/c1-8-4-12(18)19-13-9(8)2-3-11(17)10(13)5-16-7-14-6-15-16/h2-4,6-7,17H,5H2,1H3. The summed E-state index contributed by atoms with van der Waals surface area (Å²) in [5, 5.41) is 14.7. The van der Waals surface area contributed by atoms with Crippen LogP contribution in [-0.2, 0) is 6.54 Å². The summed E-state index contributed by atoms with van der Waals surface area (Å²) in [6.07, 6.45) is 2.94. The molecule has 0 radical (unpaired) electrons. The van der Waals surface area contributed by atoms with Crippen molar-refractivity contribution in [3.63, 3.8) is 0 Å². The summed E-state index contributed by atoms with van der Waals surface area (Å²) in [5.41, 5.74) is 1.28. The number of aryl methyl sites for hydroxylation is 1. The molecule has 0 aliphatic carbocycles. The van der Waals surface area contributed by atoms with Gasteiger partial charge in [-0.05, 0) is 24.6 Å². The zero-order valence-electron chi connectivity index (χ0n) is 10.2. The van der Waals surface area contributed by atoms with E-state index in [1.807, 2.05) is 6.92 Å². The lowest BCUT2D eigenvalue weighted by molar-refractivity contribution is 0.460. The Labute approximate surface area is 107 Å². The van der Waals surface area contributed by atoms with E-state index in [9.17, 15) is 9.90 Å². The third-order valence-electron chi connectivity index (χ3n) is 2.98. The van der Waals surface area contributed by atoms with E-state index in [0.29, 0.717) is 11.1 Å². The quantitative estimate of drug-likeness (QED) is 0.703. The number of hydrogen-bond donors (Lipinski definition) is 1. The van der Waals surface area contributed by atoms with Crippen molar-refractivity contribution >= 4 is 11.0 Å². The van der Waals surface area contributed by atoms with Crippen molar-refractivity contribution in [3.05, 3.63) is 52.4 Å². The number of phenolic OH excluding ortho intramolecular Hbond substituents is 1. The summed E-state index contributed by atoms with van der Waals surface area (Å²) >= 11 is 0. The summed E-state index contributed by atoms with van der Waals surface area (Å²) in [5.74, 6) is 0.0664. The highest BCUT2D eigenvalue weighted by Crippen LogP contribution is 2.28. The molecule has 0 saturated carbocycles. The van der Waals surface area contributed by atoms with Crippen molar-refractivity contribution in [1.82, 2.24) is 14.8 Å². The van der Waals surface area contributed by atoms with Gasteiger partial charge >= 0.3 is 5.63 Å². The lowest BCUT2D eigenvalue weighted by Crippen LogP contribution is -2.04. The maximum atomic E-state index is 11.5. The summed E-state index contributed by atoms with van der Waals surface area (Å²) in [4.78, 5) is 15.3. The van der Waals surface area contributed by atoms with Crippen molar-refractivity contribution < 1.29 is 9.52 Å². The van der Waals surface area contributed by atoms with Gasteiger partial charge in [0.05, 0.1) is 12.1 Å². The molecule has 6 heteroatoms. The Morgan fingerprint density at radius 2 is 2.26 bits per heavy atom. The molecule has 6 nitrogen and oxygen atoms in total. The van der Waals surface area contributed by atoms with Gasteiger partial charge in [0.25, 0.3) is 0 Å². The fraction of sp³-hybridized carbons (Fsp3) is 0.154. The molecular weight excluding hydrogens is 246 g/mol. The van der Waals surface area contributed by atoms with Crippen molar-refractivity contribution in [2.24, 2.45) is 0 Å². The van der Waals surface area contributed by atoms with Gasteiger partial charge < -0.3 is 9.52 Å². The van der Waals surface area contributed by atoms with E-state index in [1.54, 1.807) is 16.8 Å². The van der Waals surface area contributed by atoms with Crippen LogP contribution in [0.25, 0.3) is 11.0 Å². The van der Waals surface area contributed by atoms with Crippen molar-refractivity contribution in [3.8, 4) is 5.75 Å². The van der Waals surface area contributed by atoms with E-state index in [-0.39, 0.29) is 12.3 Å². The Morgan fingerprint density at radius 1 is 1.42 bits per heavy atom. The van der Waals surface area contributed by atoms with Crippen molar-refractivity contribution in [1.29, 1.82) is 0 Å². The third-order valence-corrected chi connectivity index (χ3v) is 2.98. The topological polar surface area (TPSA) is 81.2 Å². The lowest BCUT2D eigenvalue weighted by atomic mass is 10.1. The molecule has 0 saturated heterocycles. The zero-order valence-corrected chi connectivity index (χ0v) is 10.2. The molecule has 0 bridgehead atoms. The second-order valence-corrected chi connectivity index (χ2v) is 4.28. The van der Waals surface area contributed by atoms with Crippen LogP contribution in [0.1, 0.15) is 11.1 Å². The second-order valence-electron chi connectivity index (χ2n) is 4.28. The van der Waals surface area contributed by atoms with Crippen LogP contribution in [0.4, 0.5) is 0 Å². The van der Waals surface area contributed by atoms with Crippen LogP contribution in [-0.4, -0.2) is 19.9 Å². The summed E-state index contributed by atoms with van der Waals surface area (Å²) in [6.45, 7) is 2.12. The SMILES string of the molecule is Cc1cc(=O)oc2c(Cn3cncn3)c(O)ccc12. The maximum Gasteiger partial charge on any atom is 0.336 e. The highest BCUT2D eigenvalue weighted by molar-refractivity contribution is 5.84. The van der Waals surface area contributed by atoms with Gasteiger partial charge in [0.2, 0.25) is 0 Å². The van der Waals surface area contributed by atoms with Gasteiger partial charge in [-0.1, -0.05) is 0 Å². The Balaban J connectivity index is 2.27. The predicted molar refractivity (Wildman–Crippen MR) is 68.0 cm³/mol. The zero-order chi connectivity index (χ0) is 13.4. The first kappa shape index (κ1) is 11.5. The first-order valence-electron chi connectivity index (χ1n) is 5.73. The van der Waals surface area contributed by atoms with Gasteiger partial charge in [-0.2, -0.15) is 5.10 Å². The third kappa shape index (κ3) is 1.97. The highest BCUT2D eigenvalue weighted by atomic mass is 16.4. The normalized spacial score (nSPS) is 11.0. The molecule has 1 N–H and O–H groups in total. The van der Waals surface area contributed by atoms with Crippen LogP contribution in [0.15, 0.2) is 40.1 Å². The van der Waals surface area contributed by atoms with Crippen LogP contribution in [0, 0.1) is 6.92 Å². The lowest BCUT2D eigenvalue weighted by Gasteiger charge is -2.08. The number of phenols is 1. The van der Waals surface area contributed by atoms with Gasteiger partial charge in [0.1, 0.15) is 24.0 Å². The number of hydrogen-bond acceptors (Lipinski definition) is 5. The van der Waals surface area contributed by atoms with Crippen LogP contribution in [0.5, 0.6) is 5.75 Å². The summed E-state index contributed by atoms with van der Waals surface area (Å²) in [7, 11) is 0. The molecule has 19 heavy (non-hydrogen) atoms. The molecule has 0 amide bonds. The minimum atomic E-state index is -0.435. The Bertz CT molecular complexity index is 791. The number of aromatic hydroxyl groups is 1. The first-order valence-corrected chi connectivity index (χ1v) is 5.73. The van der Waals surface area contributed by atoms with Crippen LogP contribution in [0.3, 0.4) is 0 Å². The number of nitrogens with zero attached hydrogens (tertiary/aromatic N) is 3. The molecule has 0 fully saturated rings. The van der Waals surface area contributed by atoms with Crippen molar-refractivity contribution in [2.75, 3.05) is 0 Å². The molecule has 2 aromatic heterocycles. The Kier molecular flexibility index (Phi) is 2.56.